The second-order valence-electron chi connectivity index (χ2n) is 4.27. The summed E-state index contributed by atoms with van der Waals surface area (Å²) in [5.41, 5.74) is 6.19. The van der Waals surface area contributed by atoms with Gasteiger partial charge >= 0.3 is 5.97 Å². The predicted octanol–water partition coefficient (Wildman–Crippen LogP) is 2.01. The van der Waals surface area contributed by atoms with Crippen LogP contribution in [0, 0.1) is 0 Å². The molecule has 108 valence electrons. The van der Waals surface area contributed by atoms with E-state index in [1.807, 2.05) is 0 Å². The highest BCUT2D eigenvalue weighted by atomic mass is 16.5. The molecular formula is C15H14N2O4. The number of carbonyl (C=O) groups is 2. The van der Waals surface area contributed by atoms with E-state index in [2.05, 4.69) is 10.1 Å². The number of esters is 1. The van der Waals surface area contributed by atoms with Gasteiger partial charge in [-0.05, 0) is 18.2 Å². The molecule has 1 amide bonds. The smallest absolute Gasteiger partial charge is 0.340 e. The highest BCUT2D eigenvalue weighted by Gasteiger charge is 2.17. The summed E-state index contributed by atoms with van der Waals surface area (Å²) in [5.74, 6) is -1.30. The lowest BCUT2D eigenvalue weighted by Crippen LogP contribution is -2.15. The summed E-state index contributed by atoms with van der Waals surface area (Å²) in [6, 6.07) is 10.9. The number of rotatable bonds is 3. The standard InChI is InChI=1S/C15H14N2O4/c1-21-15(20)10-7-11(16)13(18)8-12(10)17-14(19)9-5-3-2-4-6-9/h2-8,18H,16H2,1H3,(H,17,19). The quantitative estimate of drug-likeness (QED) is 0.455. The zero-order valence-electron chi connectivity index (χ0n) is 11.3. The predicted molar refractivity (Wildman–Crippen MR) is 78.3 cm³/mol. The Morgan fingerprint density at radius 2 is 1.86 bits per heavy atom. The van der Waals surface area contributed by atoms with Crippen molar-refractivity contribution in [2.75, 3.05) is 18.2 Å². The van der Waals surface area contributed by atoms with Gasteiger partial charge in [0.1, 0.15) is 5.75 Å². The molecule has 0 bridgehead atoms. The normalized spacial score (nSPS) is 9.95. The monoisotopic (exact) mass is 286 g/mol. The van der Waals surface area contributed by atoms with Gasteiger partial charge in [0.05, 0.1) is 24.0 Å². The number of aromatic hydroxyl groups is 1. The van der Waals surface area contributed by atoms with Crippen LogP contribution in [-0.4, -0.2) is 24.1 Å². The third-order valence-corrected chi connectivity index (χ3v) is 2.86. The first-order valence-electron chi connectivity index (χ1n) is 6.10. The molecule has 0 aliphatic rings. The lowest BCUT2D eigenvalue weighted by molar-refractivity contribution is 0.0602. The number of carbonyl (C=O) groups excluding carboxylic acids is 2. The van der Waals surface area contributed by atoms with Crippen LogP contribution in [0.4, 0.5) is 11.4 Å². The van der Waals surface area contributed by atoms with Crippen molar-refractivity contribution >= 4 is 23.3 Å². The van der Waals surface area contributed by atoms with Crippen molar-refractivity contribution < 1.29 is 19.4 Å². The van der Waals surface area contributed by atoms with Gasteiger partial charge in [-0.2, -0.15) is 0 Å². The zero-order valence-corrected chi connectivity index (χ0v) is 11.3. The SMILES string of the molecule is COC(=O)c1cc(N)c(O)cc1NC(=O)c1ccccc1. The van der Waals surface area contributed by atoms with Gasteiger partial charge in [0.2, 0.25) is 0 Å². The van der Waals surface area contributed by atoms with Crippen LogP contribution in [0.1, 0.15) is 20.7 Å². The molecule has 0 saturated carbocycles. The van der Waals surface area contributed by atoms with Crippen LogP contribution in [0.15, 0.2) is 42.5 Å². The van der Waals surface area contributed by atoms with E-state index >= 15 is 0 Å². The number of nitrogen functional groups attached to an aromatic ring is 1. The summed E-state index contributed by atoms with van der Waals surface area (Å²) < 4.78 is 4.63. The fraction of sp³-hybridized carbons (Fsp3) is 0.0667. The molecule has 0 spiro atoms. The summed E-state index contributed by atoms with van der Waals surface area (Å²) in [6.07, 6.45) is 0. The van der Waals surface area contributed by atoms with Crippen LogP contribution < -0.4 is 11.1 Å². The number of phenols is 1. The molecule has 4 N–H and O–H groups in total. The number of methoxy groups -OCH3 is 1. The summed E-state index contributed by atoms with van der Waals surface area (Å²) in [6.45, 7) is 0. The van der Waals surface area contributed by atoms with E-state index in [0.717, 1.165) is 0 Å². The van der Waals surface area contributed by atoms with Crippen LogP contribution in [-0.2, 0) is 4.74 Å². The second kappa shape index (κ2) is 5.96. The van der Waals surface area contributed by atoms with Crippen molar-refractivity contribution in [3.63, 3.8) is 0 Å². The molecule has 0 aliphatic heterocycles. The van der Waals surface area contributed by atoms with Gasteiger partial charge in [-0.3, -0.25) is 4.79 Å². The number of nitrogens with one attached hydrogen (secondary N) is 1. The van der Waals surface area contributed by atoms with E-state index in [1.165, 1.54) is 19.2 Å². The van der Waals surface area contributed by atoms with Crippen LogP contribution in [0.3, 0.4) is 0 Å². The minimum absolute atomic E-state index is 0.0214. The van der Waals surface area contributed by atoms with E-state index in [1.54, 1.807) is 30.3 Å². The molecule has 0 atom stereocenters. The lowest BCUT2D eigenvalue weighted by atomic mass is 10.1. The fourth-order valence-corrected chi connectivity index (χ4v) is 1.77. The molecule has 0 radical (unpaired) electrons. The van der Waals surface area contributed by atoms with Gasteiger partial charge in [-0.25, -0.2) is 4.79 Å². The van der Waals surface area contributed by atoms with Crippen molar-refractivity contribution in [1.82, 2.24) is 0 Å². The highest BCUT2D eigenvalue weighted by molar-refractivity contribution is 6.08. The van der Waals surface area contributed by atoms with E-state index in [-0.39, 0.29) is 22.7 Å². The highest BCUT2D eigenvalue weighted by Crippen LogP contribution is 2.29. The minimum Gasteiger partial charge on any atom is -0.506 e. The van der Waals surface area contributed by atoms with Gasteiger partial charge in [0, 0.05) is 11.6 Å². The second-order valence-corrected chi connectivity index (χ2v) is 4.27. The average Bonchev–Trinajstić information content (AvgIpc) is 2.50. The maximum absolute atomic E-state index is 12.1. The number of benzene rings is 2. The molecule has 2 aromatic carbocycles. The number of amides is 1. The third kappa shape index (κ3) is 3.11. The minimum atomic E-state index is -0.662. The van der Waals surface area contributed by atoms with Crippen molar-refractivity contribution in [2.45, 2.75) is 0 Å². The van der Waals surface area contributed by atoms with Crippen molar-refractivity contribution in [2.24, 2.45) is 0 Å². The maximum atomic E-state index is 12.1. The first-order valence-corrected chi connectivity index (χ1v) is 6.10. The molecule has 0 aromatic heterocycles. The molecule has 2 aromatic rings. The molecule has 21 heavy (non-hydrogen) atoms. The Hall–Kier alpha value is -3.02. The summed E-state index contributed by atoms with van der Waals surface area (Å²) in [7, 11) is 1.22. The van der Waals surface area contributed by atoms with Gasteiger partial charge < -0.3 is 20.9 Å². The fourth-order valence-electron chi connectivity index (χ4n) is 1.77. The molecule has 2 rings (SSSR count). The number of hydrogen-bond acceptors (Lipinski definition) is 5. The maximum Gasteiger partial charge on any atom is 0.340 e. The Labute approximate surface area is 121 Å². The van der Waals surface area contributed by atoms with E-state index in [9.17, 15) is 14.7 Å². The van der Waals surface area contributed by atoms with E-state index < -0.39 is 11.9 Å². The Morgan fingerprint density at radius 1 is 1.19 bits per heavy atom. The number of hydrogen-bond donors (Lipinski definition) is 3. The first kappa shape index (κ1) is 14.4. The largest absolute Gasteiger partial charge is 0.506 e. The first-order chi connectivity index (χ1) is 10.0. The van der Waals surface area contributed by atoms with Crippen LogP contribution in [0.2, 0.25) is 0 Å². The lowest BCUT2D eigenvalue weighted by Gasteiger charge is -2.12. The van der Waals surface area contributed by atoms with Gasteiger partial charge in [0.15, 0.2) is 0 Å². The van der Waals surface area contributed by atoms with Crippen LogP contribution in [0.5, 0.6) is 5.75 Å². The average molecular weight is 286 g/mol. The molecule has 6 heteroatoms. The van der Waals surface area contributed by atoms with Crippen molar-refractivity contribution in [1.29, 1.82) is 0 Å². The molecule has 0 aliphatic carbocycles. The van der Waals surface area contributed by atoms with Crippen LogP contribution in [0.25, 0.3) is 0 Å². The third-order valence-electron chi connectivity index (χ3n) is 2.86. The summed E-state index contributed by atoms with van der Waals surface area (Å²) in [4.78, 5) is 23.8. The van der Waals surface area contributed by atoms with E-state index in [0.29, 0.717) is 5.56 Å². The molecule has 0 unspecified atom stereocenters. The summed E-state index contributed by atoms with van der Waals surface area (Å²) >= 11 is 0. The van der Waals surface area contributed by atoms with Gasteiger partial charge in [-0.15, -0.1) is 0 Å². The number of phenolic OH excluding ortho intramolecular Hbond substituents is 1. The zero-order chi connectivity index (χ0) is 15.4. The number of ether oxygens (including phenoxy) is 1. The molecule has 6 nitrogen and oxygen atoms in total. The Bertz CT molecular complexity index is 684. The Balaban J connectivity index is 2.37. The molecule has 0 heterocycles. The Morgan fingerprint density at radius 3 is 2.48 bits per heavy atom. The number of anilines is 2. The molecule has 0 fully saturated rings. The Kier molecular flexibility index (Phi) is 4.08. The van der Waals surface area contributed by atoms with Gasteiger partial charge in [0.25, 0.3) is 5.91 Å². The van der Waals surface area contributed by atoms with Crippen molar-refractivity contribution in [3.05, 3.63) is 53.6 Å². The molecular weight excluding hydrogens is 272 g/mol. The van der Waals surface area contributed by atoms with Gasteiger partial charge in [-0.1, -0.05) is 18.2 Å². The van der Waals surface area contributed by atoms with Crippen molar-refractivity contribution in [3.8, 4) is 5.75 Å². The van der Waals surface area contributed by atoms with Crippen LogP contribution >= 0.6 is 0 Å². The van der Waals surface area contributed by atoms with E-state index in [4.69, 9.17) is 5.73 Å². The number of nitrogens with two attached hydrogens (primary N) is 1. The molecule has 0 saturated heterocycles. The topological polar surface area (TPSA) is 102 Å². The summed E-state index contributed by atoms with van der Waals surface area (Å²) in [5, 5.41) is 12.2.